The normalized spacial score (nSPS) is 18.3. The smallest absolute Gasteiger partial charge is 0.251 e. The average Bonchev–Trinajstić information content (AvgIpc) is 3.15. The highest BCUT2D eigenvalue weighted by molar-refractivity contribution is 7.09. The zero-order valence-corrected chi connectivity index (χ0v) is 14.7. The number of nitrogens with one attached hydrogen (secondary N) is 1. The van der Waals surface area contributed by atoms with Gasteiger partial charge in [-0.1, -0.05) is 6.07 Å². The van der Waals surface area contributed by atoms with Crippen molar-refractivity contribution in [2.75, 3.05) is 13.1 Å². The minimum Gasteiger partial charge on any atom is -0.306 e. The van der Waals surface area contributed by atoms with Crippen LogP contribution in [0, 0.1) is 0 Å². The number of likely N-dealkylation sites (tertiary alicyclic amines) is 1. The lowest BCUT2D eigenvalue weighted by Crippen LogP contribution is -2.34. The highest BCUT2D eigenvalue weighted by Gasteiger charge is 2.23. The van der Waals surface area contributed by atoms with Crippen LogP contribution in [0.25, 0.3) is 11.4 Å². The van der Waals surface area contributed by atoms with Gasteiger partial charge in [-0.05, 0) is 43.0 Å². The molecule has 4 heterocycles. The summed E-state index contributed by atoms with van der Waals surface area (Å²) < 4.78 is 0. The van der Waals surface area contributed by atoms with Crippen LogP contribution in [0.3, 0.4) is 0 Å². The van der Waals surface area contributed by atoms with Crippen molar-refractivity contribution in [3.8, 4) is 11.4 Å². The number of thiophene rings is 1. The zero-order chi connectivity index (χ0) is 17.1. The summed E-state index contributed by atoms with van der Waals surface area (Å²) in [5, 5.41) is 2.12. The second-order valence-electron chi connectivity index (χ2n) is 6.41. The Kier molecular flexibility index (Phi) is 4.72. The van der Waals surface area contributed by atoms with E-state index in [0.29, 0.717) is 11.7 Å². The van der Waals surface area contributed by atoms with Crippen LogP contribution in [0.1, 0.15) is 29.3 Å². The molecule has 0 bridgehead atoms. The highest BCUT2D eigenvalue weighted by atomic mass is 32.1. The Balaban J connectivity index is 1.56. The summed E-state index contributed by atoms with van der Waals surface area (Å²) in [6.07, 6.45) is 5.65. The fourth-order valence-electron chi connectivity index (χ4n) is 3.39. The monoisotopic (exact) mass is 352 g/mol. The first-order valence-corrected chi connectivity index (χ1v) is 9.42. The van der Waals surface area contributed by atoms with Crippen LogP contribution < -0.4 is 5.56 Å². The van der Waals surface area contributed by atoms with Gasteiger partial charge in [0.1, 0.15) is 5.82 Å². The molecule has 0 amide bonds. The number of hydrogen-bond acceptors (Lipinski definition) is 5. The molecule has 4 rings (SSSR count). The largest absolute Gasteiger partial charge is 0.306 e. The summed E-state index contributed by atoms with van der Waals surface area (Å²) in [5.74, 6) is 0.900. The Morgan fingerprint density at radius 2 is 2.28 bits per heavy atom. The van der Waals surface area contributed by atoms with E-state index in [1.54, 1.807) is 29.8 Å². The molecule has 5 nitrogen and oxygen atoms in total. The number of nitrogens with zero attached hydrogens (tertiary/aromatic N) is 3. The Hall–Kier alpha value is -2.31. The Morgan fingerprint density at radius 1 is 1.32 bits per heavy atom. The molecule has 1 aliphatic rings. The van der Waals surface area contributed by atoms with Gasteiger partial charge in [-0.3, -0.25) is 14.7 Å². The van der Waals surface area contributed by atoms with Crippen molar-refractivity contribution in [2.45, 2.75) is 25.3 Å². The van der Waals surface area contributed by atoms with Gasteiger partial charge < -0.3 is 4.98 Å². The van der Waals surface area contributed by atoms with Crippen LogP contribution in [0.4, 0.5) is 0 Å². The fraction of sp³-hybridized carbons (Fsp3) is 0.316. The van der Waals surface area contributed by atoms with Crippen LogP contribution in [0.15, 0.2) is 52.9 Å². The van der Waals surface area contributed by atoms with Crippen LogP contribution >= 0.6 is 11.3 Å². The molecule has 1 atom stereocenters. The lowest BCUT2D eigenvalue weighted by atomic mass is 9.94. The first kappa shape index (κ1) is 16.2. The molecule has 6 heteroatoms. The molecule has 0 saturated carbocycles. The Bertz CT molecular complexity index is 876. The Labute approximate surface area is 150 Å². The van der Waals surface area contributed by atoms with Crippen molar-refractivity contribution in [1.82, 2.24) is 19.9 Å². The minimum atomic E-state index is -0.0979. The second-order valence-corrected chi connectivity index (χ2v) is 7.45. The molecule has 25 heavy (non-hydrogen) atoms. The standard InChI is InChI=1S/C19H20N4OS/c24-18-10-17(21-19(22-18)14-4-1-7-20-11-14)15-5-2-8-23(12-15)13-16-6-3-9-25-16/h1,3-4,6-7,9-11,15H,2,5,8,12-13H2,(H,21,22,24). The summed E-state index contributed by atoms with van der Waals surface area (Å²) in [6, 6.07) is 9.70. The summed E-state index contributed by atoms with van der Waals surface area (Å²) in [6.45, 7) is 3.03. The van der Waals surface area contributed by atoms with E-state index in [9.17, 15) is 4.79 Å². The summed E-state index contributed by atoms with van der Waals surface area (Å²) in [7, 11) is 0. The zero-order valence-electron chi connectivity index (χ0n) is 13.9. The van der Waals surface area contributed by atoms with Gasteiger partial charge in [-0.2, -0.15) is 0 Å². The van der Waals surface area contributed by atoms with Crippen LogP contribution in [0.5, 0.6) is 0 Å². The van der Waals surface area contributed by atoms with Gasteiger partial charge >= 0.3 is 0 Å². The minimum absolute atomic E-state index is 0.0979. The quantitative estimate of drug-likeness (QED) is 0.783. The van der Waals surface area contributed by atoms with Crippen LogP contribution in [-0.4, -0.2) is 32.9 Å². The van der Waals surface area contributed by atoms with E-state index < -0.39 is 0 Å². The topological polar surface area (TPSA) is 61.9 Å². The number of pyridine rings is 1. The van der Waals surface area contributed by atoms with Crippen molar-refractivity contribution < 1.29 is 0 Å². The maximum atomic E-state index is 12.1. The first-order valence-electron chi connectivity index (χ1n) is 8.54. The molecule has 0 radical (unpaired) electrons. The van der Waals surface area contributed by atoms with Gasteiger partial charge in [0.2, 0.25) is 0 Å². The summed E-state index contributed by atoms with van der Waals surface area (Å²) >= 11 is 1.80. The van der Waals surface area contributed by atoms with E-state index in [1.807, 2.05) is 12.1 Å². The van der Waals surface area contributed by atoms with Crippen molar-refractivity contribution in [3.63, 3.8) is 0 Å². The van der Waals surface area contributed by atoms with Crippen molar-refractivity contribution >= 4 is 11.3 Å². The van der Waals surface area contributed by atoms with Gasteiger partial charge in [0.25, 0.3) is 5.56 Å². The van der Waals surface area contributed by atoms with E-state index in [1.165, 1.54) is 4.88 Å². The lowest BCUT2D eigenvalue weighted by Gasteiger charge is -2.32. The molecule has 1 fully saturated rings. The van der Waals surface area contributed by atoms with E-state index in [4.69, 9.17) is 4.98 Å². The third-order valence-electron chi connectivity index (χ3n) is 4.58. The molecule has 1 saturated heterocycles. The fourth-order valence-corrected chi connectivity index (χ4v) is 4.13. The molecule has 0 aromatic carbocycles. The van der Waals surface area contributed by atoms with E-state index >= 15 is 0 Å². The molecule has 3 aromatic rings. The van der Waals surface area contributed by atoms with Gasteiger partial charge in [0.05, 0.1) is 5.69 Å². The Morgan fingerprint density at radius 3 is 3.08 bits per heavy atom. The van der Waals surface area contributed by atoms with E-state index in [-0.39, 0.29) is 5.56 Å². The van der Waals surface area contributed by atoms with Gasteiger partial charge in [-0.15, -0.1) is 11.3 Å². The maximum absolute atomic E-state index is 12.1. The van der Waals surface area contributed by atoms with E-state index in [0.717, 1.165) is 43.7 Å². The first-order chi connectivity index (χ1) is 12.3. The number of piperidine rings is 1. The SMILES string of the molecule is O=c1cc(C2CCCN(Cc3cccs3)C2)nc(-c2cccnc2)[nH]1. The van der Waals surface area contributed by atoms with Crippen molar-refractivity contribution in [1.29, 1.82) is 0 Å². The van der Waals surface area contributed by atoms with Crippen LogP contribution in [-0.2, 0) is 6.54 Å². The molecular formula is C19H20N4OS. The number of rotatable bonds is 4. The summed E-state index contributed by atoms with van der Waals surface area (Å²) in [4.78, 5) is 27.7. The second kappa shape index (κ2) is 7.29. The highest BCUT2D eigenvalue weighted by Crippen LogP contribution is 2.27. The molecule has 0 aliphatic carbocycles. The molecule has 3 aromatic heterocycles. The predicted molar refractivity (Wildman–Crippen MR) is 99.7 cm³/mol. The van der Waals surface area contributed by atoms with Crippen molar-refractivity contribution in [3.05, 3.63) is 69.0 Å². The third kappa shape index (κ3) is 3.86. The number of aromatic nitrogens is 3. The summed E-state index contributed by atoms with van der Waals surface area (Å²) in [5.41, 5.74) is 1.63. The number of hydrogen-bond donors (Lipinski definition) is 1. The molecule has 0 spiro atoms. The van der Waals surface area contributed by atoms with Gasteiger partial charge in [-0.25, -0.2) is 4.98 Å². The maximum Gasteiger partial charge on any atom is 0.251 e. The lowest BCUT2D eigenvalue weighted by molar-refractivity contribution is 0.200. The molecule has 1 unspecified atom stereocenters. The number of H-pyrrole nitrogens is 1. The average molecular weight is 352 g/mol. The van der Waals surface area contributed by atoms with E-state index in [2.05, 4.69) is 32.4 Å². The van der Waals surface area contributed by atoms with Gasteiger partial charge in [0, 0.05) is 47.9 Å². The number of aromatic amines is 1. The molecule has 1 aliphatic heterocycles. The molecular weight excluding hydrogens is 332 g/mol. The predicted octanol–water partition coefficient (Wildman–Crippen LogP) is 3.27. The van der Waals surface area contributed by atoms with Crippen LogP contribution in [0.2, 0.25) is 0 Å². The molecule has 128 valence electrons. The third-order valence-corrected chi connectivity index (χ3v) is 5.44. The van der Waals surface area contributed by atoms with Gasteiger partial charge in [0.15, 0.2) is 0 Å². The van der Waals surface area contributed by atoms with Crippen molar-refractivity contribution in [2.24, 2.45) is 0 Å². The molecule has 1 N–H and O–H groups in total.